The maximum atomic E-state index is 12.3. The molecule has 0 aromatic heterocycles. The fourth-order valence-corrected chi connectivity index (χ4v) is 3.68. The summed E-state index contributed by atoms with van der Waals surface area (Å²) in [5, 5.41) is 0. The number of nitrogens with zero attached hydrogens (tertiary/aromatic N) is 1. The van der Waals surface area contributed by atoms with Crippen LogP contribution < -0.4 is 0 Å². The molecule has 0 saturated carbocycles. The van der Waals surface area contributed by atoms with E-state index in [9.17, 15) is 4.79 Å². The SMILES string of the molecule is CCCCCCCCCCCCCCCC(=O)N1CCOC(C)(C)C1. The Morgan fingerprint density at radius 3 is 1.80 bits per heavy atom. The fraction of sp³-hybridized carbons (Fsp3) is 0.955. The molecule has 1 rings (SSSR count). The molecule has 1 aliphatic heterocycles. The number of morpholine rings is 1. The van der Waals surface area contributed by atoms with E-state index in [4.69, 9.17) is 4.74 Å². The minimum atomic E-state index is -0.177. The van der Waals surface area contributed by atoms with E-state index in [0.717, 1.165) is 19.5 Å². The molecule has 0 aromatic rings. The standard InChI is InChI=1S/C22H43NO2/c1-4-5-6-7-8-9-10-11-12-13-14-15-16-17-21(24)23-18-19-25-22(2,3)20-23/h4-20H2,1-3H3. The molecule has 1 fully saturated rings. The first-order valence-electron chi connectivity index (χ1n) is 11.0. The lowest BCUT2D eigenvalue weighted by molar-refractivity contribution is -0.146. The van der Waals surface area contributed by atoms with E-state index < -0.39 is 0 Å². The average molecular weight is 354 g/mol. The lowest BCUT2D eigenvalue weighted by Gasteiger charge is -2.38. The molecule has 0 spiro atoms. The highest BCUT2D eigenvalue weighted by Gasteiger charge is 2.29. The summed E-state index contributed by atoms with van der Waals surface area (Å²) in [5.41, 5.74) is -0.177. The molecule has 0 aromatic carbocycles. The van der Waals surface area contributed by atoms with Crippen molar-refractivity contribution >= 4 is 5.91 Å². The molecule has 1 saturated heterocycles. The number of carbonyl (C=O) groups excluding carboxylic acids is 1. The second kappa shape index (κ2) is 13.6. The van der Waals surface area contributed by atoms with Crippen LogP contribution in [0.3, 0.4) is 0 Å². The maximum absolute atomic E-state index is 12.3. The van der Waals surface area contributed by atoms with Crippen LogP contribution >= 0.6 is 0 Å². The van der Waals surface area contributed by atoms with Crippen LogP contribution in [-0.2, 0) is 9.53 Å². The minimum Gasteiger partial charge on any atom is -0.372 e. The van der Waals surface area contributed by atoms with Gasteiger partial charge in [0.25, 0.3) is 0 Å². The van der Waals surface area contributed by atoms with Gasteiger partial charge in [0.05, 0.1) is 12.2 Å². The van der Waals surface area contributed by atoms with Gasteiger partial charge in [-0.1, -0.05) is 84.0 Å². The molecular formula is C22H43NO2. The van der Waals surface area contributed by atoms with Gasteiger partial charge in [0, 0.05) is 19.5 Å². The number of hydrogen-bond acceptors (Lipinski definition) is 2. The summed E-state index contributed by atoms with van der Waals surface area (Å²) in [6, 6.07) is 0. The molecule has 148 valence electrons. The molecule has 1 aliphatic rings. The first kappa shape index (κ1) is 22.5. The Kier molecular flexibility index (Phi) is 12.2. The van der Waals surface area contributed by atoms with Crippen molar-refractivity contribution in [1.29, 1.82) is 0 Å². The van der Waals surface area contributed by atoms with Gasteiger partial charge in [-0.15, -0.1) is 0 Å². The van der Waals surface area contributed by atoms with E-state index in [-0.39, 0.29) is 5.60 Å². The van der Waals surface area contributed by atoms with Crippen molar-refractivity contribution in [2.75, 3.05) is 19.7 Å². The van der Waals surface area contributed by atoms with E-state index in [1.807, 2.05) is 4.90 Å². The second-order valence-electron chi connectivity index (χ2n) is 8.42. The first-order valence-corrected chi connectivity index (χ1v) is 11.0. The van der Waals surface area contributed by atoms with Crippen molar-refractivity contribution in [3.63, 3.8) is 0 Å². The molecule has 1 amide bonds. The van der Waals surface area contributed by atoms with Crippen molar-refractivity contribution in [2.45, 2.75) is 116 Å². The van der Waals surface area contributed by atoms with Gasteiger partial charge in [0.2, 0.25) is 5.91 Å². The van der Waals surface area contributed by atoms with E-state index in [2.05, 4.69) is 20.8 Å². The Bertz CT molecular complexity index is 341. The summed E-state index contributed by atoms with van der Waals surface area (Å²) in [6.45, 7) is 8.59. The molecule has 0 N–H and O–H groups in total. The third-order valence-electron chi connectivity index (χ3n) is 5.27. The highest BCUT2D eigenvalue weighted by Crippen LogP contribution is 2.18. The van der Waals surface area contributed by atoms with Gasteiger partial charge >= 0.3 is 0 Å². The van der Waals surface area contributed by atoms with Gasteiger partial charge in [0.15, 0.2) is 0 Å². The van der Waals surface area contributed by atoms with Crippen molar-refractivity contribution in [3.05, 3.63) is 0 Å². The van der Waals surface area contributed by atoms with Crippen LogP contribution in [-0.4, -0.2) is 36.1 Å². The van der Waals surface area contributed by atoms with E-state index >= 15 is 0 Å². The molecule has 0 atom stereocenters. The highest BCUT2D eigenvalue weighted by molar-refractivity contribution is 5.76. The van der Waals surface area contributed by atoms with Gasteiger partial charge in [-0.2, -0.15) is 0 Å². The second-order valence-corrected chi connectivity index (χ2v) is 8.42. The number of unbranched alkanes of at least 4 members (excludes halogenated alkanes) is 12. The monoisotopic (exact) mass is 353 g/mol. The molecule has 0 bridgehead atoms. The topological polar surface area (TPSA) is 29.5 Å². The zero-order chi connectivity index (χ0) is 18.4. The van der Waals surface area contributed by atoms with Crippen LogP contribution in [0.15, 0.2) is 0 Å². The minimum absolute atomic E-state index is 0.177. The van der Waals surface area contributed by atoms with E-state index in [0.29, 0.717) is 18.9 Å². The molecule has 0 radical (unpaired) electrons. The Labute approximate surface area is 156 Å². The van der Waals surface area contributed by atoms with Gasteiger partial charge in [0.1, 0.15) is 0 Å². The van der Waals surface area contributed by atoms with Crippen molar-refractivity contribution < 1.29 is 9.53 Å². The molecule has 1 heterocycles. The smallest absolute Gasteiger partial charge is 0.222 e. The summed E-state index contributed by atoms with van der Waals surface area (Å²) >= 11 is 0. The molecular weight excluding hydrogens is 310 g/mol. The summed E-state index contributed by atoms with van der Waals surface area (Å²) in [6.07, 6.45) is 18.3. The first-order chi connectivity index (χ1) is 12.0. The Hall–Kier alpha value is -0.570. The average Bonchev–Trinajstić information content (AvgIpc) is 2.58. The van der Waals surface area contributed by atoms with Crippen LogP contribution in [0.1, 0.15) is 111 Å². The molecule has 25 heavy (non-hydrogen) atoms. The zero-order valence-corrected chi connectivity index (χ0v) is 17.3. The summed E-state index contributed by atoms with van der Waals surface area (Å²) in [4.78, 5) is 14.2. The van der Waals surface area contributed by atoms with Crippen molar-refractivity contribution in [3.8, 4) is 0 Å². The number of ether oxygens (including phenoxy) is 1. The van der Waals surface area contributed by atoms with Crippen molar-refractivity contribution in [2.24, 2.45) is 0 Å². The highest BCUT2D eigenvalue weighted by atomic mass is 16.5. The van der Waals surface area contributed by atoms with Gasteiger partial charge in [-0.05, 0) is 20.3 Å². The predicted octanol–water partition coefficient (Wildman–Crippen LogP) is 6.11. The molecule has 3 heteroatoms. The van der Waals surface area contributed by atoms with Crippen LogP contribution in [0.2, 0.25) is 0 Å². The normalized spacial score (nSPS) is 17.0. The lowest BCUT2D eigenvalue weighted by Crippen LogP contribution is -2.50. The van der Waals surface area contributed by atoms with E-state index in [1.165, 1.54) is 77.0 Å². The fourth-order valence-electron chi connectivity index (χ4n) is 3.68. The number of carbonyl (C=O) groups is 1. The zero-order valence-electron chi connectivity index (χ0n) is 17.3. The third-order valence-corrected chi connectivity index (χ3v) is 5.27. The van der Waals surface area contributed by atoms with Gasteiger partial charge in [-0.3, -0.25) is 4.79 Å². The van der Waals surface area contributed by atoms with Gasteiger partial charge in [-0.25, -0.2) is 0 Å². The number of amides is 1. The van der Waals surface area contributed by atoms with Crippen molar-refractivity contribution in [1.82, 2.24) is 4.90 Å². The summed E-state index contributed by atoms with van der Waals surface area (Å²) in [7, 11) is 0. The van der Waals surface area contributed by atoms with Crippen LogP contribution in [0.25, 0.3) is 0 Å². The molecule has 3 nitrogen and oxygen atoms in total. The van der Waals surface area contributed by atoms with Crippen LogP contribution in [0, 0.1) is 0 Å². The quantitative estimate of drug-likeness (QED) is 0.353. The maximum Gasteiger partial charge on any atom is 0.222 e. The Morgan fingerprint density at radius 1 is 0.840 bits per heavy atom. The van der Waals surface area contributed by atoms with E-state index in [1.54, 1.807) is 0 Å². The number of hydrogen-bond donors (Lipinski definition) is 0. The Morgan fingerprint density at radius 2 is 1.32 bits per heavy atom. The Balaban J connectivity index is 1.86. The molecule has 0 aliphatic carbocycles. The number of rotatable bonds is 14. The van der Waals surface area contributed by atoms with Crippen LogP contribution in [0.4, 0.5) is 0 Å². The summed E-state index contributed by atoms with van der Waals surface area (Å²) < 4.78 is 5.67. The lowest BCUT2D eigenvalue weighted by atomic mass is 10.0. The third kappa shape index (κ3) is 11.6. The molecule has 0 unspecified atom stereocenters. The van der Waals surface area contributed by atoms with Crippen LogP contribution in [0.5, 0.6) is 0 Å². The van der Waals surface area contributed by atoms with Gasteiger partial charge < -0.3 is 9.64 Å². The predicted molar refractivity (Wildman–Crippen MR) is 107 cm³/mol. The summed E-state index contributed by atoms with van der Waals surface area (Å²) in [5.74, 6) is 0.319. The largest absolute Gasteiger partial charge is 0.372 e.